The molecular formula is C70H130N2O6P+. The van der Waals surface area contributed by atoms with E-state index < -0.39 is 20.0 Å². The van der Waals surface area contributed by atoms with Crippen LogP contribution in [0.3, 0.4) is 0 Å². The zero-order chi connectivity index (χ0) is 57.7. The number of likely N-dealkylation sites (N-methyl/N-ethyl adjacent to an activating group) is 1. The van der Waals surface area contributed by atoms with Crippen LogP contribution in [0.25, 0.3) is 0 Å². The summed E-state index contributed by atoms with van der Waals surface area (Å²) >= 11 is 0. The average Bonchev–Trinajstić information content (AvgIpc) is 3.42. The van der Waals surface area contributed by atoms with Crippen LogP contribution in [0.15, 0.2) is 85.1 Å². The third-order valence-electron chi connectivity index (χ3n) is 14.8. The molecule has 3 unspecified atom stereocenters. The molecule has 0 aliphatic heterocycles. The van der Waals surface area contributed by atoms with Crippen molar-refractivity contribution in [1.29, 1.82) is 0 Å². The molecule has 0 saturated heterocycles. The topological polar surface area (TPSA) is 105 Å². The van der Waals surface area contributed by atoms with E-state index in [2.05, 4.69) is 92.1 Å². The molecule has 1 amide bonds. The number of allylic oxidation sites excluding steroid dienone is 13. The summed E-state index contributed by atoms with van der Waals surface area (Å²) in [6.45, 7) is 4.70. The van der Waals surface area contributed by atoms with Crippen LogP contribution in [-0.4, -0.2) is 73.4 Å². The number of nitrogens with one attached hydrogen (secondary N) is 1. The second-order valence-electron chi connectivity index (χ2n) is 23.8. The van der Waals surface area contributed by atoms with Gasteiger partial charge >= 0.3 is 7.82 Å². The van der Waals surface area contributed by atoms with Crippen LogP contribution in [0.2, 0.25) is 0 Å². The summed E-state index contributed by atoms with van der Waals surface area (Å²) in [4.78, 5) is 23.4. The summed E-state index contributed by atoms with van der Waals surface area (Å²) < 4.78 is 23.8. The fraction of sp³-hybridized carbons (Fsp3) is 0.786. The molecule has 0 aromatic rings. The van der Waals surface area contributed by atoms with Crippen LogP contribution >= 0.6 is 7.82 Å². The lowest BCUT2D eigenvalue weighted by atomic mass is 10.0. The average molecular weight is 1130 g/mol. The number of aliphatic hydroxyl groups is 1. The van der Waals surface area contributed by atoms with Gasteiger partial charge in [-0.3, -0.25) is 13.8 Å². The van der Waals surface area contributed by atoms with Gasteiger partial charge in [-0.05, 0) is 77.0 Å². The number of phosphoric ester groups is 1. The maximum absolute atomic E-state index is 13.0. The molecule has 8 nitrogen and oxygen atoms in total. The minimum atomic E-state index is -4.37. The molecule has 0 spiro atoms. The molecule has 0 aromatic carbocycles. The van der Waals surface area contributed by atoms with Gasteiger partial charge in [-0.25, -0.2) is 4.57 Å². The molecule has 0 rings (SSSR count). The van der Waals surface area contributed by atoms with Crippen LogP contribution in [0.4, 0.5) is 0 Å². The summed E-state index contributed by atoms with van der Waals surface area (Å²) in [5.74, 6) is -0.193. The van der Waals surface area contributed by atoms with Gasteiger partial charge in [0.2, 0.25) is 5.91 Å². The van der Waals surface area contributed by atoms with Crippen molar-refractivity contribution in [1.82, 2.24) is 5.32 Å². The number of unbranched alkanes of at least 4 members (excludes halogenated alkanes) is 36. The van der Waals surface area contributed by atoms with E-state index in [1.165, 1.54) is 205 Å². The van der Waals surface area contributed by atoms with Crippen molar-refractivity contribution >= 4 is 13.7 Å². The highest BCUT2D eigenvalue weighted by Crippen LogP contribution is 2.43. The van der Waals surface area contributed by atoms with Gasteiger partial charge in [0.25, 0.3) is 0 Å². The van der Waals surface area contributed by atoms with E-state index in [-0.39, 0.29) is 19.1 Å². The second kappa shape index (κ2) is 60.3. The van der Waals surface area contributed by atoms with Gasteiger partial charge < -0.3 is 19.8 Å². The highest BCUT2D eigenvalue weighted by atomic mass is 31.2. The lowest BCUT2D eigenvalue weighted by Gasteiger charge is -2.25. The fourth-order valence-corrected chi connectivity index (χ4v) is 10.4. The molecule has 3 atom stereocenters. The summed E-state index contributed by atoms with van der Waals surface area (Å²) in [6.07, 6.45) is 85.8. The monoisotopic (exact) mass is 1130 g/mol. The fourth-order valence-electron chi connectivity index (χ4n) is 9.68. The van der Waals surface area contributed by atoms with Gasteiger partial charge in [0.15, 0.2) is 0 Å². The van der Waals surface area contributed by atoms with E-state index in [1.807, 2.05) is 27.2 Å². The standard InChI is InChI=1S/C70H129N2O6P/c1-6-8-10-12-14-16-18-20-22-24-26-28-30-32-33-34-35-36-37-38-40-41-43-45-47-49-51-53-55-57-59-61-63-69(73)68(67-78-79(75,76)77-66-65-72(3,4)5)71-70(74)64-62-60-58-56-54-52-50-48-46-44-42-39-31-29-27-25-23-21-19-17-15-13-11-9-7-2/h9,11,15,17,21,23,27,29,39,42,53,55,61,63,68-69,73H,6-8,10,12-14,16,18-20,22,24-26,28,30-38,40-41,43-52,54,56-60,62,64-67H2,1-5H3,(H-,71,74,75,76)/p+1/b11-9-,17-15-,23-21-,29-27-,42-39-,55-53+,63-61+. The summed E-state index contributed by atoms with van der Waals surface area (Å²) in [5, 5.41) is 14.0. The van der Waals surface area contributed by atoms with Crippen LogP contribution in [0.5, 0.6) is 0 Å². The number of nitrogens with zero attached hydrogens (tertiary/aromatic N) is 1. The van der Waals surface area contributed by atoms with Gasteiger partial charge in [0.05, 0.1) is 39.9 Å². The predicted molar refractivity (Wildman–Crippen MR) is 346 cm³/mol. The van der Waals surface area contributed by atoms with Crippen LogP contribution in [0, 0.1) is 0 Å². The first kappa shape index (κ1) is 76.7. The molecule has 79 heavy (non-hydrogen) atoms. The maximum atomic E-state index is 13.0. The Morgan fingerprint density at radius 2 is 0.772 bits per heavy atom. The Labute approximate surface area is 490 Å². The van der Waals surface area contributed by atoms with E-state index in [0.717, 1.165) is 77.0 Å². The zero-order valence-corrected chi connectivity index (χ0v) is 53.5. The van der Waals surface area contributed by atoms with Gasteiger partial charge in [-0.1, -0.05) is 304 Å². The number of amides is 1. The first-order chi connectivity index (χ1) is 38.5. The number of aliphatic hydroxyl groups excluding tert-OH is 1. The van der Waals surface area contributed by atoms with Gasteiger partial charge in [0.1, 0.15) is 13.2 Å². The van der Waals surface area contributed by atoms with Crippen molar-refractivity contribution in [2.45, 2.75) is 315 Å². The van der Waals surface area contributed by atoms with Gasteiger partial charge in [-0.15, -0.1) is 0 Å². The summed E-state index contributed by atoms with van der Waals surface area (Å²) in [6, 6.07) is -0.874. The van der Waals surface area contributed by atoms with Crippen molar-refractivity contribution in [3.8, 4) is 0 Å². The Kier molecular flexibility index (Phi) is 58.5. The number of phosphoric acid groups is 1. The lowest BCUT2D eigenvalue weighted by Crippen LogP contribution is -2.45. The van der Waals surface area contributed by atoms with Crippen LogP contribution < -0.4 is 5.32 Å². The Hall–Kier alpha value is -2.32. The summed E-state index contributed by atoms with van der Waals surface area (Å²) in [5.41, 5.74) is 0. The Bertz CT molecular complexity index is 1560. The van der Waals surface area contributed by atoms with Crippen molar-refractivity contribution < 1.29 is 32.9 Å². The largest absolute Gasteiger partial charge is 0.472 e. The predicted octanol–water partition coefficient (Wildman–Crippen LogP) is 21.2. The van der Waals surface area contributed by atoms with Crippen molar-refractivity contribution in [3.05, 3.63) is 85.1 Å². The van der Waals surface area contributed by atoms with E-state index in [4.69, 9.17) is 9.05 Å². The number of carbonyl (C=O) groups is 1. The number of hydrogen-bond acceptors (Lipinski definition) is 5. The molecule has 0 aliphatic carbocycles. The first-order valence-electron chi connectivity index (χ1n) is 33.5. The highest BCUT2D eigenvalue weighted by Gasteiger charge is 2.28. The molecule has 460 valence electrons. The minimum absolute atomic E-state index is 0.0514. The molecule has 0 bridgehead atoms. The second-order valence-corrected chi connectivity index (χ2v) is 25.3. The molecular weight excluding hydrogens is 996 g/mol. The van der Waals surface area contributed by atoms with E-state index >= 15 is 0 Å². The normalized spacial score (nSPS) is 14.3. The Morgan fingerprint density at radius 1 is 0.443 bits per heavy atom. The number of hydrogen-bond donors (Lipinski definition) is 3. The third-order valence-corrected chi connectivity index (χ3v) is 15.8. The lowest BCUT2D eigenvalue weighted by molar-refractivity contribution is -0.870. The molecule has 0 radical (unpaired) electrons. The molecule has 3 N–H and O–H groups in total. The molecule has 9 heteroatoms. The minimum Gasteiger partial charge on any atom is -0.387 e. The molecule has 0 fully saturated rings. The quantitative estimate of drug-likeness (QED) is 0.0243. The number of quaternary nitrogens is 1. The van der Waals surface area contributed by atoms with E-state index in [1.54, 1.807) is 6.08 Å². The zero-order valence-electron chi connectivity index (χ0n) is 52.6. The molecule has 0 saturated carbocycles. The highest BCUT2D eigenvalue weighted by molar-refractivity contribution is 7.47. The summed E-state index contributed by atoms with van der Waals surface area (Å²) in [7, 11) is 1.55. The Morgan fingerprint density at radius 3 is 1.16 bits per heavy atom. The SMILES string of the molecule is CC/C=C\C/C=C\C/C=C\C/C=C\C/C=C\CCCCCCCCCCCC(=O)NC(COP(=O)(O)OCC[N+](C)(C)C)C(O)/C=C/CC/C=C/CCCCCCCCCCCCCCCCCCCCCCCCCCCC. The molecule has 0 heterocycles. The van der Waals surface area contributed by atoms with Crippen molar-refractivity contribution in [2.75, 3.05) is 40.9 Å². The van der Waals surface area contributed by atoms with Crippen molar-refractivity contribution in [3.63, 3.8) is 0 Å². The maximum Gasteiger partial charge on any atom is 0.472 e. The number of carbonyl (C=O) groups excluding carboxylic acids is 1. The number of rotatable bonds is 61. The van der Waals surface area contributed by atoms with Crippen LogP contribution in [-0.2, 0) is 18.4 Å². The van der Waals surface area contributed by atoms with E-state index in [9.17, 15) is 19.4 Å². The van der Waals surface area contributed by atoms with Gasteiger partial charge in [-0.2, -0.15) is 0 Å². The first-order valence-corrected chi connectivity index (χ1v) is 35.0. The van der Waals surface area contributed by atoms with Crippen molar-refractivity contribution in [2.24, 2.45) is 0 Å². The van der Waals surface area contributed by atoms with Crippen LogP contribution in [0.1, 0.15) is 303 Å². The Balaban J connectivity index is 4.15. The van der Waals surface area contributed by atoms with E-state index in [0.29, 0.717) is 17.4 Å². The third kappa shape index (κ3) is 63.1. The molecule has 0 aliphatic rings. The smallest absolute Gasteiger partial charge is 0.387 e. The van der Waals surface area contributed by atoms with Gasteiger partial charge in [0, 0.05) is 6.42 Å². The molecule has 0 aromatic heterocycles.